The Balaban J connectivity index is 0.00000220. The molecule has 1 aliphatic heterocycles. The van der Waals surface area contributed by atoms with Crippen LogP contribution in [0.15, 0.2) is 4.99 Å². The summed E-state index contributed by atoms with van der Waals surface area (Å²) in [6.07, 6.45) is 2.70. The van der Waals surface area contributed by atoms with Gasteiger partial charge < -0.3 is 15.5 Å². The number of aliphatic imine (C=N–C) groups is 1. The van der Waals surface area contributed by atoms with Crippen LogP contribution in [0.5, 0.6) is 0 Å². The van der Waals surface area contributed by atoms with Crippen LogP contribution >= 0.6 is 24.0 Å². The molecule has 122 valence electrons. The molecule has 2 aliphatic rings. The van der Waals surface area contributed by atoms with Gasteiger partial charge in [-0.25, -0.2) is 0 Å². The largest absolute Gasteiger partial charge is 0.352 e. The van der Waals surface area contributed by atoms with Crippen LogP contribution in [0.25, 0.3) is 0 Å². The summed E-state index contributed by atoms with van der Waals surface area (Å²) in [7, 11) is 5.26. The van der Waals surface area contributed by atoms with Gasteiger partial charge in [-0.15, -0.1) is 24.0 Å². The molecule has 0 aromatic rings. The molecule has 2 unspecified atom stereocenters. The molecular weight excluding hydrogens is 381 g/mol. The van der Waals surface area contributed by atoms with E-state index in [4.69, 9.17) is 0 Å². The van der Waals surface area contributed by atoms with E-state index in [2.05, 4.69) is 27.4 Å². The number of nitrogens with one attached hydrogen (secondary N) is 2. The highest BCUT2D eigenvalue weighted by atomic mass is 127. The summed E-state index contributed by atoms with van der Waals surface area (Å²) >= 11 is 0. The molecule has 6 nitrogen and oxygen atoms in total. The maximum atomic E-state index is 11.6. The van der Waals surface area contributed by atoms with Crippen molar-refractivity contribution in [3.8, 4) is 0 Å². The van der Waals surface area contributed by atoms with Gasteiger partial charge >= 0.3 is 0 Å². The minimum absolute atomic E-state index is 0. The summed E-state index contributed by atoms with van der Waals surface area (Å²) in [5, 5.41) is 6.54. The fourth-order valence-electron chi connectivity index (χ4n) is 2.62. The highest BCUT2D eigenvalue weighted by Crippen LogP contribution is 2.31. The van der Waals surface area contributed by atoms with Gasteiger partial charge in [0.1, 0.15) is 0 Å². The van der Waals surface area contributed by atoms with Crippen LogP contribution in [0.4, 0.5) is 0 Å². The Hall–Kier alpha value is -0.570. The van der Waals surface area contributed by atoms with Gasteiger partial charge in [0.25, 0.3) is 0 Å². The van der Waals surface area contributed by atoms with Gasteiger partial charge in [0.15, 0.2) is 5.96 Å². The lowest BCUT2D eigenvalue weighted by Gasteiger charge is -2.21. The molecule has 2 N–H and O–H groups in total. The molecule has 21 heavy (non-hydrogen) atoms. The fourth-order valence-corrected chi connectivity index (χ4v) is 2.62. The van der Waals surface area contributed by atoms with E-state index in [0.717, 1.165) is 25.1 Å². The van der Waals surface area contributed by atoms with E-state index in [0.29, 0.717) is 12.0 Å². The van der Waals surface area contributed by atoms with Gasteiger partial charge in [0.05, 0.1) is 6.54 Å². The second-order valence-corrected chi connectivity index (χ2v) is 6.13. The topological polar surface area (TPSA) is 60.0 Å². The van der Waals surface area contributed by atoms with Gasteiger partial charge in [0, 0.05) is 46.3 Å². The standard InChI is InChI=1S/C14H27N5O.HI/c1-10-8-19(11-5-6-11)9-12(10)17-14(15-2)16-7-13(20)18(3)4;/h10-12H,5-9H2,1-4H3,(H2,15,16,17);1H. The van der Waals surface area contributed by atoms with Crippen molar-refractivity contribution in [1.29, 1.82) is 0 Å². The number of halogens is 1. The molecule has 2 atom stereocenters. The van der Waals surface area contributed by atoms with Crippen LogP contribution in [0.3, 0.4) is 0 Å². The zero-order valence-electron chi connectivity index (χ0n) is 13.4. The predicted molar refractivity (Wildman–Crippen MR) is 96.2 cm³/mol. The number of likely N-dealkylation sites (tertiary alicyclic amines) is 1. The number of carbonyl (C=O) groups excluding carboxylic acids is 1. The molecule has 0 bridgehead atoms. The quantitative estimate of drug-likeness (QED) is 0.400. The van der Waals surface area contributed by atoms with E-state index < -0.39 is 0 Å². The molecule has 1 saturated heterocycles. The lowest BCUT2D eigenvalue weighted by Crippen LogP contribution is -2.48. The first kappa shape index (κ1) is 18.5. The van der Waals surface area contributed by atoms with Crippen molar-refractivity contribution in [2.75, 3.05) is 40.8 Å². The number of likely N-dealkylation sites (N-methyl/N-ethyl adjacent to an activating group) is 1. The average molecular weight is 409 g/mol. The molecule has 0 radical (unpaired) electrons. The first-order chi connectivity index (χ1) is 9.51. The van der Waals surface area contributed by atoms with E-state index in [-0.39, 0.29) is 36.4 Å². The van der Waals surface area contributed by atoms with Crippen molar-refractivity contribution < 1.29 is 4.79 Å². The average Bonchev–Trinajstić information content (AvgIpc) is 3.19. The minimum atomic E-state index is 0. The van der Waals surface area contributed by atoms with Crippen molar-refractivity contribution >= 4 is 35.8 Å². The second-order valence-electron chi connectivity index (χ2n) is 6.13. The second kappa shape index (κ2) is 8.17. The van der Waals surface area contributed by atoms with E-state index >= 15 is 0 Å². The number of nitrogens with zero attached hydrogens (tertiary/aromatic N) is 3. The third-order valence-electron chi connectivity index (χ3n) is 4.16. The van der Waals surface area contributed by atoms with Crippen LogP contribution in [0.1, 0.15) is 19.8 Å². The summed E-state index contributed by atoms with van der Waals surface area (Å²) in [5.74, 6) is 1.38. The van der Waals surface area contributed by atoms with Crippen molar-refractivity contribution in [2.45, 2.75) is 31.8 Å². The number of carbonyl (C=O) groups is 1. The zero-order valence-corrected chi connectivity index (χ0v) is 15.8. The summed E-state index contributed by atoms with van der Waals surface area (Å²) < 4.78 is 0. The highest BCUT2D eigenvalue weighted by Gasteiger charge is 2.38. The molecule has 0 aromatic heterocycles. The van der Waals surface area contributed by atoms with Gasteiger partial charge in [0.2, 0.25) is 5.91 Å². The van der Waals surface area contributed by atoms with Crippen molar-refractivity contribution in [3.05, 3.63) is 0 Å². The third-order valence-corrected chi connectivity index (χ3v) is 4.16. The van der Waals surface area contributed by atoms with Crippen molar-refractivity contribution in [3.63, 3.8) is 0 Å². The Morgan fingerprint density at radius 1 is 1.33 bits per heavy atom. The van der Waals surface area contributed by atoms with Gasteiger partial charge in [-0.05, 0) is 18.8 Å². The smallest absolute Gasteiger partial charge is 0.241 e. The summed E-state index contributed by atoms with van der Waals surface area (Å²) in [6.45, 7) is 4.79. The number of hydrogen-bond acceptors (Lipinski definition) is 3. The Labute approximate surface area is 144 Å². The molecule has 2 fully saturated rings. The zero-order chi connectivity index (χ0) is 14.7. The highest BCUT2D eigenvalue weighted by molar-refractivity contribution is 14.0. The van der Waals surface area contributed by atoms with Gasteiger partial charge in [-0.3, -0.25) is 14.7 Å². The number of hydrogen-bond donors (Lipinski definition) is 2. The van der Waals surface area contributed by atoms with E-state index in [1.807, 2.05) is 0 Å². The molecule has 7 heteroatoms. The van der Waals surface area contributed by atoms with Crippen LogP contribution in [0, 0.1) is 5.92 Å². The third kappa shape index (κ3) is 5.28. The van der Waals surface area contributed by atoms with Crippen LogP contribution in [-0.4, -0.2) is 74.5 Å². The normalized spacial score (nSPS) is 26.2. The molecule has 1 amide bonds. The molecule has 1 saturated carbocycles. The SMILES string of the molecule is CN=C(NCC(=O)N(C)C)NC1CN(C2CC2)CC1C.I. The first-order valence-electron chi connectivity index (χ1n) is 7.42. The Bertz CT molecular complexity index is 384. The fraction of sp³-hybridized carbons (Fsp3) is 0.857. The van der Waals surface area contributed by atoms with Gasteiger partial charge in [-0.2, -0.15) is 0 Å². The summed E-state index contributed by atoms with van der Waals surface area (Å²) in [6, 6.07) is 1.23. The molecule has 1 aliphatic carbocycles. The van der Waals surface area contributed by atoms with E-state index in [9.17, 15) is 4.79 Å². The molecule has 2 rings (SSSR count). The molecular formula is C14H28IN5O. The number of guanidine groups is 1. The number of amides is 1. The maximum absolute atomic E-state index is 11.6. The summed E-state index contributed by atoms with van der Waals surface area (Å²) in [5.41, 5.74) is 0. The molecule has 1 heterocycles. The van der Waals surface area contributed by atoms with Crippen LogP contribution in [-0.2, 0) is 4.79 Å². The van der Waals surface area contributed by atoms with E-state index in [1.165, 1.54) is 12.8 Å². The maximum Gasteiger partial charge on any atom is 0.241 e. The minimum Gasteiger partial charge on any atom is -0.352 e. The monoisotopic (exact) mass is 409 g/mol. The van der Waals surface area contributed by atoms with E-state index in [1.54, 1.807) is 26.0 Å². The van der Waals surface area contributed by atoms with Crippen molar-refractivity contribution in [2.24, 2.45) is 10.9 Å². The Morgan fingerprint density at radius 2 is 2.00 bits per heavy atom. The van der Waals surface area contributed by atoms with Crippen LogP contribution < -0.4 is 10.6 Å². The lowest BCUT2D eigenvalue weighted by atomic mass is 10.1. The molecule has 0 aromatic carbocycles. The van der Waals surface area contributed by atoms with Crippen molar-refractivity contribution in [1.82, 2.24) is 20.4 Å². The number of rotatable bonds is 4. The summed E-state index contributed by atoms with van der Waals surface area (Å²) in [4.78, 5) is 19.9. The Morgan fingerprint density at radius 3 is 2.52 bits per heavy atom. The lowest BCUT2D eigenvalue weighted by molar-refractivity contribution is -0.127. The van der Waals surface area contributed by atoms with Crippen LogP contribution in [0.2, 0.25) is 0 Å². The van der Waals surface area contributed by atoms with Gasteiger partial charge in [-0.1, -0.05) is 6.92 Å². The molecule has 0 spiro atoms. The predicted octanol–water partition coefficient (Wildman–Crippen LogP) is 0.340. The first-order valence-corrected chi connectivity index (χ1v) is 7.42. The Kier molecular flexibility index (Phi) is 7.19.